The van der Waals surface area contributed by atoms with Crippen LogP contribution >= 0.6 is 0 Å². The highest BCUT2D eigenvalue weighted by molar-refractivity contribution is 7.90. The predicted molar refractivity (Wildman–Crippen MR) is 101 cm³/mol. The molecule has 1 heterocycles. The van der Waals surface area contributed by atoms with Gasteiger partial charge in [0.15, 0.2) is 9.84 Å². The van der Waals surface area contributed by atoms with E-state index in [1.165, 1.54) is 22.5 Å². The maximum absolute atomic E-state index is 12.7. The van der Waals surface area contributed by atoms with Gasteiger partial charge in [0, 0.05) is 38.0 Å². The normalized spacial score (nSPS) is 16.3. The second-order valence-corrected chi connectivity index (χ2v) is 10.3. The summed E-state index contributed by atoms with van der Waals surface area (Å²) in [5, 5.41) is 0. The predicted octanol–water partition coefficient (Wildman–Crippen LogP) is 1.24. The van der Waals surface area contributed by atoms with Crippen LogP contribution in [0.4, 0.5) is 0 Å². The van der Waals surface area contributed by atoms with Crippen molar-refractivity contribution in [3.8, 4) is 0 Å². The van der Waals surface area contributed by atoms with Crippen LogP contribution in [0.1, 0.15) is 10.4 Å². The summed E-state index contributed by atoms with van der Waals surface area (Å²) in [7, 11) is -6.99. The first-order chi connectivity index (χ1) is 12.7. The second kappa shape index (κ2) is 7.41. The summed E-state index contributed by atoms with van der Waals surface area (Å²) in [4.78, 5) is 14.5. The van der Waals surface area contributed by atoms with Gasteiger partial charge in [-0.3, -0.25) is 4.79 Å². The number of carbonyl (C=O) groups is 1. The summed E-state index contributed by atoms with van der Waals surface area (Å²) in [5.41, 5.74) is 0.275. The maximum Gasteiger partial charge on any atom is 0.253 e. The highest BCUT2D eigenvalue weighted by atomic mass is 32.2. The van der Waals surface area contributed by atoms with Gasteiger partial charge < -0.3 is 4.90 Å². The fourth-order valence-electron chi connectivity index (χ4n) is 2.92. The fourth-order valence-corrected chi connectivity index (χ4v) is 5.03. The first-order valence-electron chi connectivity index (χ1n) is 8.34. The van der Waals surface area contributed by atoms with Gasteiger partial charge in [0.25, 0.3) is 5.91 Å². The zero-order valence-electron chi connectivity index (χ0n) is 14.8. The second-order valence-electron chi connectivity index (χ2n) is 6.31. The van der Waals surface area contributed by atoms with Crippen molar-refractivity contribution in [2.45, 2.75) is 9.79 Å². The number of rotatable bonds is 4. The average molecular weight is 409 g/mol. The Morgan fingerprint density at radius 2 is 1.41 bits per heavy atom. The Kier molecular flexibility index (Phi) is 5.36. The summed E-state index contributed by atoms with van der Waals surface area (Å²) >= 11 is 0. The van der Waals surface area contributed by atoms with Gasteiger partial charge >= 0.3 is 0 Å². The summed E-state index contributed by atoms with van der Waals surface area (Å²) in [6.45, 7) is 0.867. The van der Waals surface area contributed by atoms with Crippen molar-refractivity contribution in [3.63, 3.8) is 0 Å². The van der Waals surface area contributed by atoms with Crippen LogP contribution in [-0.2, 0) is 19.9 Å². The number of carbonyl (C=O) groups excluding carboxylic acids is 1. The molecule has 0 aliphatic carbocycles. The molecule has 1 saturated heterocycles. The van der Waals surface area contributed by atoms with E-state index >= 15 is 0 Å². The third kappa shape index (κ3) is 4.20. The number of hydrogen-bond donors (Lipinski definition) is 0. The number of nitrogens with zero attached hydrogens (tertiary/aromatic N) is 2. The number of sulfone groups is 1. The van der Waals surface area contributed by atoms with Gasteiger partial charge in [-0.25, -0.2) is 16.8 Å². The minimum Gasteiger partial charge on any atom is -0.336 e. The quantitative estimate of drug-likeness (QED) is 0.759. The van der Waals surface area contributed by atoms with E-state index in [1.54, 1.807) is 41.3 Å². The Balaban J connectivity index is 1.72. The van der Waals surface area contributed by atoms with Crippen LogP contribution in [0.3, 0.4) is 0 Å². The smallest absolute Gasteiger partial charge is 0.253 e. The molecule has 7 nitrogen and oxygen atoms in total. The van der Waals surface area contributed by atoms with Crippen molar-refractivity contribution >= 4 is 25.8 Å². The van der Waals surface area contributed by atoms with Crippen molar-refractivity contribution in [2.24, 2.45) is 0 Å². The lowest BCUT2D eigenvalue weighted by atomic mass is 10.2. The van der Waals surface area contributed by atoms with E-state index in [0.29, 0.717) is 0 Å². The Morgan fingerprint density at radius 1 is 0.815 bits per heavy atom. The molecule has 2 aromatic carbocycles. The molecule has 1 fully saturated rings. The Hall–Kier alpha value is -2.23. The molecule has 0 radical (unpaired) electrons. The molecule has 3 rings (SSSR count). The number of piperazine rings is 1. The fraction of sp³-hybridized carbons (Fsp3) is 0.278. The average Bonchev–Trinajstić information content (AvgIpc) is 2.67. The van der Waals surface area contributed by atoms with E-state index in [2.05, 4.69) is 0 Å². The molecule has 0 spiro atoms. The molecule has 2 aromatic rings. The molecular weight excluding hydrogens is 388 g/mol. The summed E-state index contributed by atoms with van der Waals surface area (Å²) in [6, 6.07) is 14.1. The van der Waals surface area contributed by atoms with Gasteiger partial charge in [-0.15, -0.1) is 0 Å². The summed E-state index contributed by atoms with van der Waals surface area (Å²) in [6.07, 6.45) is 1.09. The number of hydrogen-bond acceptors (Lipinski definition) is 5. The Bertz CT molecular complexity index is 1040. The molecule has 0 bridgehead atoms. The topological polar surface area (TPSA) is 91.8 Å². The largest absolute Gasteiger partial charge is 0.336 e. The van der Waals surface area contributed by atoms with Crippen LogP contribution in [0, 0.1) is 0 Å². The van der Waals surface area contributed by atoms with Crippen LogP contribution in [0.2, 0.25) is 0 Å². The Morgan fingerprint density at radius 3 is 2.00 bits per heavy atom. The minimum absolute atomic E-state index is 0.0821. The van der Waals surface area contributed by atoms with E-state index in [-0.39, 0.29) is 47.4 Å². The molecule has 27 heavy (non-hydrogen) atoms. The van der Waals surface area contributed by atoms with E-state index in [1.807, 2.05) is 0 Å². The summed E-state index contributed by atoms with van der Waals surface area (Å²) in [5.74, 6) is -0.308. The van der Waals surface area contributed by atoms with Crippen LogP contribution in [-0.4, -0.2) is 64.4 Å². The Labute approximate surface area is 159 Å². The zero-order valence-corrected chi connectivity index (χ0v) is 16.4. The summed E-state index contributed by atoms with van der Waals surface area (Å²) < 4.78 is 50.0. The van der Waals surface area contributed by atoms with Gasteiger partial charge in [-0.05, 0) is 30.3 Å². The molecule has 0 atom stereocenters. The number of amides is 1. The van der Waals surface area contributed by atoms with E-state index < -0.39 is 19.9 Å². The standard InChI is InChI=1S/C18H20N2O5S2/c1-26(22,23)17-9-5-6-15(14-17)18(21)19-10-12-20(13-11-19)27(24,25)16-7-3-2-4-8-16/h2-9,14H,10-13H2,1H3. The first-order valence-corrected chi connectivity index (χ1v) is 11.7. The van der Waals surface area contributed by atoms with Crippen molar-refractivity contribution in [1.29, 1.82) is 0 Å². The highest BCUT2D eigenvalue weighted by Crippen LogP contribution is 2.19. The van der Waals surface area contributed by atoms with Gasteiger partial charge in [-0.1, -0.05) is 24.3 Å². The monoisotopic (exact) mass is 408 g/mol. The number of benzene rings is 2. The first kappa shape index (κ1) is 19.5. The SMILES string of the molecule is CS(=O)(=O)c1cccc(C(=O)N2CCN(S(=O)(=O)c3ccccc3)CC2)c1. The minimum atomic E-state index is -3.59. The third-order valence-electron chi connectivity index (χ3n) is 4.42. The molecule has 9 heteroatoms. The van der Waals surface area contributed by atoms with Crippen LogP contribution in [0.15, 0.2) is 64.4 Å². The number of sulfonamides is 1. The lowest BCUT2D eigenvalue weighted by Gasteiger charge is -2.34. The molecule has 1 aliphatic heterocycles. The van der Waals surface area contributed by atoms with Crippen molar-refractivity contribution in [1.82, 2.24) is 9.21 Å². The lowest BCUT2D eigenvalue weighted by molar-refractivity contribution is 0.0697. The van der Waals surface area contributed by atoms with E-state index in [4.69, 9.17) is 0 Å². The molecule has 144 valence electrons. The van der Waals surface area contributed by atoms with Crippen LogP contribution < -0.4 is 0 Å². The lowest BCUT2D eigenvalue weighted by Crippen LogP contribution is -2.50. The molecular formula is C18H20N2O5S2. The van der Waals surface area contributed by atoms with Crippen molar-refractivity contribution in [2.75, 3.05) is 32.4 Å². The van der Waals surface area contributed by atoms with Gasteiger partial charge in [0.1, 0.15) is 0 Å². The third-order valence-corrected chi connectivity index (χ3v) is 7.44. The zero-order chi connectivity index (χ0) is 19.7. The van der Waals surface area contributed by atoms with Crippen molar-refractivity contribution in [3.05, 3.63) is 60.2 Å². The molecule has 1 aliphatic rings. The molecule has 0 N–H and O–H groups in total. The van der Waals surface area contributed by atoms with Crippen LogP contribution in [0.5, 0.6) is 0 Å². The maximum atomic E-state index is 12.7. The van der Waals surface area contributed by atoms with Crippen molar-refractivity contribution < 1.29 is 21.6 Å². The molecule has 0 saturated carbocycles. The van der Waals surface area contributed by atoms with E-state index in [9.17, 15) is 21.6 Å². The van der Waals surface area contributed by atoms with Gasteiger partial charge in [0.05, 0.1) is 9.79 Å². The van der Waals surface area contributed by atoms with Gasteiger partial charge in [0.2, 0.25) is 10.0 Å². The van der Waals surface area contributed by atoms with Crippen LogP contribution in [0.25, 0.3) is 0 Å². The molecule has 1 amide bonds. The molecule has 0 aromatic heterocycles. The van der Waals surface area contributed by atoms with E-state index in [0.717, 1.165) is 6.26 Å². The van der Waals surface area contributed by atoms with Gasteiger partial charge in [-0.2, -0.15) is 4.31 Å². The highest BCUT2D eigenvalue weighted by Gasteiger charge is 2.30. The molecule has 0 unspecified atom stereocenters.